The van der Waals surface area contributed by atoms with E-state index in [0.29, 0.717) is 17.7 Å². The van der Waals surface area contributed by atoms with Gasteiger partial charge in [0.25, 0.3) is 0 Å². The quantitative estimate of drug-likeness (QED) is 0.626. The van der Waals surface area contributed by atoms with Gasteiger partial charge in [-0.15, -0.1) is 0 Å². The second-order valence-corrected chi connectivity index (χ2v) is 8.88. The van der Waals surface area contributed by atoms with Crippen LogP contribution in [-0.4, -0.2) is 28.5 Å². The van der Waals surface area contributed by atoms with Crippen molar-refractivity contribution in [2.45, 2.75) is 76.5 Å². The maximum atomic E-state index is 10.8. The summed E-state index contributed by atoms with van der Waals surface area (Å²) in [5.74, 6) is 1.67. The first-order valence-electron chi connectivity index (χ1n) is 11.0. The highest BCUT2D eigenvalue weighted by Gasteiger charge is 2.40. The first-order valence-corrected chi connectivity index (χ1v) is 11.0. The Balaban J connectivity index is 1.42. The van der Waals surface area contributed by atoms with Crippen LogP contribution in [0, 0.1) is 5.92 Å². The number of anilines is 1. The molecule has 2 aromatic carbocycles. The normalized spacial score (nSPS) is 26.7. The second kappa shape index (κ2) is 8.66. The topological polar surface area (TPSA) is 61.7 Å². The number of phenolic OH excluding ortho intramolecular Hbond substituents is 1. The molecule has 1 aliphatic heterocycles. The van der Waals surface area contributed by atoms with Crippen molar-refractivity contribution >= 4 is 5.69 Å². The molecule has 156 valence electrons. The minimum atomic E-state index is -0.269. The fourth-order valence-electron chi connectivity index (χ4n) is 5.17. The van der Waals surface area contributed by atoms with Gasteiger partial charge in [0.05, 0.1) is 12.2 Å². The monoisotopic (exact) mass is 395 g/mol. The van der Waals surface area contributed by atoms with E-state index in [1.54, 1.807) is 6.07 Å². The van der Waals surface area contributed by atoms with Crippen molar-refractivity contribution in [1.29, 1.82) is 0 Å². The molecule has 0 saturated heterocycles. The lowest BCUT2D eigenvalue weighted by Gasteiger charge is -2.43. The largest absolute Gasteiger partial charge is 0.507 e. The number of hydrogen-bond acceptors (Lipinski definition) is 4. The molecule has 2 aliphatic rings. The van der Waals surface area contributed by atoms with E-state index in [0.717, 1.165) is 49.8 Å². The number of fused-ring (bicyclic) bond motifs is 3. The number of nitrogens with one attached hydrogen (secondary N) is 1. The van der Waals surface area contributed by atoms with Crippen LogP contribution in [-0.2, 0) is 6.42 Å². The van der Waals surface area contributed by atoms with Gasteiger partial charge in [-0.05, 0) is 69.8 Å². The van der Waals surface area contributed by atoms with Gasteiger partial charge in [-0.2, -0.15) is 0 Å². The summed E-state index contributed by atoms with van der Waals surface area (Å²) in [6, 6.07) is 14.6. The molecule has 3 N–H and O–H groups in total. The van der Waals surface area contributed by atoms with E-state index in [4.69, 9.17) is 4.74 Å². The molecule has 5 atom stereocenters. The zero-order valence-corrected chi connectivity index (χ0v) is 17.5. The molecule has 2 aromatic rings. The zero-order chi connectivity index (χ0) is 20.4. The van der Waals surface area contributed by atoms with Crippen LogP contribution in [0.1, 0.15) is 63.0 Å². The van der Waals surface area contributed by atoms with Gasteiger partial charge in [0.1, 0.15) is 11.5 Å². The number of hydrogen-bond donors (Lipinski definition) is 3. The molecule has 4 rings (SSSR count). The third kappa shape index (κ3) is 4.53. The van der Waals surface area contributed by atoms with Gasteiger partial charge in [0, 0.05) is 29.4 Å². The summed E-state index contributed by atoms with van der Waals surface area (Å²) in [5, 5.41) is 24.5. The molecule has 1 saturated carbocycles. The zero-order valence-electron chi connectivity index (χ0n) is 17.5. The molecular weight excluding hydrogens is 362 g/mol. The SMILES string of the molecule is CC1Nc2cc(O[C@H](C)CCCc3ccccc3)cc(O)c2C2CC(O)CCC12. The Bertz CT molecular complexity index is 822. The lowest BCUT2D eigenvalue weighted by Crippen LogP contribution is -2.40. The van der Waals surface area contributed by atoms with E-state index < -0.39 is 0 Å². The van der Waals surface area contributed by atoms with Crippen LogP contribution in [0.25, 0.3) is 0 Å². The maximum Gasteiger partial charge on any atom is 0.125 e. The molecule has 29 heavy (non-hydrogen) atoms. The summed E-state index contributed by atoms with van der Waals surface area (Å²) in [7, 11) is 0. The third-order valence-corrected chi connectivity index (χ3v) is 6.66. The number of ether oxygens (including phenoxy) is 1. The van der Waals surface area contributed by atoms with Crippen LogP contribution in [0.5, 0.6) is 11.5 Å². The smallest absolute Gasteiger partial charge is 0.125 e. The van der Waals surface area contributed by atoms with E-state index >= 15 is 0 Å². The van der Waals surface area contributed by atoms with Crippen molar-refractivity contribution in [1.82, 2.24) is 0 Å². The fraction of sp³-hybridized carbons (Fsp3) is 0.520. The average molecular weight is 396 g/mol. The Labute approximate surface area is 173 Å². The Morgan fingerprint density at radius 2 is 1.97 bits per heavy atom. The third-order valence-electron chi connectivity index (χ3n) is 6.66. The van der Waals surface area contributed by atoms with Crippen molar-refractivity contribution in [2.75, 3.05) is 5.32 Å². The highest BCUT2D eigenvalue weighted by Crippen LogP contribution is 2.50. The average Bonchev–Trinajstić information content (AvgIpc) is 2.68. The van der Waals surface area contributed by atoms with Crippen molar-refractivity contribution in [3.63, 3.8) is 0 Å². The maximum absolute atomic E-state index is 10.8. The molecular formula is C25H33NO3. The Morgan fingerprint density at radius 3 is 2.76 bits per heavy atom. The van der Waals surface area contributed by atoms with E-state index in [1.807, 2.05) is 12.1 Å². The number of benzene rings is 2. The van der Waals surface area contributed by atoms with E-state index in [2.05, 4.69) is 43.4 Å². The summed E-state index contributed by atoms with van der Waals surface area (Å²) < 4.78 is 6.14. The van der Waals surface area contributed by atoms with Gasteiger partial charge in [0.15, 0.2) is 0 Å². The number of aromatic hydroxyl groups is 1. The number of aliphatic hydroxyl groups is 1. The Kier molecular flexibility index (Phi) is 6.00. The molecule has 0 bridgehead atoms. The number of aliphatic hydroxyl groups excluding tert-OH is 1. The minimum absolute atomic E-state index is 0.0847. The summed E-state index contributed by atoms with van der Waals surface area (Å²) in [4.78, 5) is 0. The molecule has 4 nitrogen and oxygen atoms in total. The van der Waals surface area contributed by atoms with Crippen molar-refractivity contribution in [2.24, 2.45) is 5.92 Å². The highest BCUT2D eigenvalue weighted by atomic mass is 16.5. The number of rotatable bonds is 6. The molecule has 1 aliphatic carbocycles. The molecule has 0 amide bonds. The standard InChI is InChI=1S/C25H33NO3/c1-16(7-6-10-18-8-4-3-5-9-18)29-20-14-23-25(24(28)15-20)22-13-19(27)11-12-21(22)17(2)26-23/h3-5,8-9,14-17,19,21-22,26-28H,6-7,10-13H2,1-2H3/t16-,17?,19?,21?,22?/m1/s1. The first kappa shape index (κ1) is 20.1. The summed E-state index contributed by atoms with van der Waals surface area (Å²) in [6.45, 7) is 4.29. The van der Waals surface area contributed by atoms with E-state index in [9.17, 15) is 10.2 Å². The van der Waals surface area contributed by atoms with Crippen LogP contribution in [0.2, 0.25) is 0 Å². The lowest BCUT2D eigenvalue weighted by atomic mass is 9.68. The van der Waals surface area contributed by atoms with Crippen LogP contribution < -0.4 is 10.1 Å². The van der Waals surface area contributed by atoms with Gasteiger partial charge in [-0.3, -0.25) is 0 Å². The van der Waals surface area contributed by atoms with Crippen LogP contribution in [0.15, 0.2) is 42.5 Å². The number of phenols is 1. The molecule has 0 aromatic heterocycles. The van der Waals surface area contributed by atoms with Crippen LogP contribution in [0.3, 0.4) is 0 Å². The molecule has 4 unspecified atom stereocenters. The molecule has 0 spiro atoms. The molecule has 0 radical (unpaired) electrons. The lowest BCUT2D eigenvalue weighted by molar-refractivity contribution is 0.0866. The van der Waals surface area contributed by atoms with Crippen molar-refractivity contribution < 1.29 is 14.9 Å². The highest BCUT2D eigenvalue weighted by molar-refractivity contribution is 5.65. The molecule has 1 fully saturated rings. The predicted molar refractivity (Wildman–Crippen MR) is 117 cm³/mol. The predicted octanol–water partition coefficient (Wildman–Crippen LogP) is 5.24. The summed E-state index contributed by atoms with van der Waals surface area (Å²) in [6.07, 6.45) is 5.48. The summed E-state index contributed by atoms with van der Waals surface area (Å²) in [5.41, 5.74) is 3.27. The molecule has 1 heterocycles. The van der Waals surface area contributed by atoms with Gasteiger partial charge >= 0.3 is 0 Å². The second-order valence-electron chi connectivity index (χ2n) is 8.88. The minimum Gasteiger partial charge on any atom is -0.507 e. The summed E-state index contributed by atoms with van der Waals surface area (Å²) >= 11 is 0. The molecule has 4 heteroatoms. The first-order chi connectivity index (χ1) is 14.0. The van der Waals surface area contributed by atoms with Gasteiger partial charge in [-0.1, -0.05) is 30.3 Å². The fourth-order valence-corrected chi connectivity index (χ4v) is 5.17. The Morgan fingerprint density at radius 1 is 1.17 bits per heavy atom. The van der Waals surface area contributed by atoms with E-state index in [-0.39, 0.29) is 23.9 Å². The number of aryl methyl sites for hydroxylation is 1. The van der Waals surface area contributed by atoms with Gasteiger partial charge in [-0.25, -0.2) is 0 Å². The van der Waals surface area contributed by atoms with E-state index in [1.165, 1.54) is 5.56 Å². The van der Waals surface area contributed by atoms with Crippen molar-refractivity contribution in [3.05, 3.63) is 53.6 Å². The Hall–Kier alpha value is -2.20. The van der Waals surface area contributed by atoms with Crippen LogP contribution >= 0.6 is 0 Å². The van der Waals surface area contributed by atoms with Crippen molar-refractivity contribution in [3.8, 4) is 11.5 Å². The van der Waals surface area contributed by atoms with Crippen LogP contribution in [0.4, 0.5) is 5.69 Å². The van der Waals surface area contributed by atoms with Gasteiger partial charge in [0.2, 0.25) is 0 Å². The van der Waals surface area contributed by atoms with Gasteiger partial charge < -0.3 is 20.3 Å².